The zero-order chi connectivity index (χ0) is 27.6. The number of hydrogen-bond acceptors (Lipinski definition) is 6. The lowest BCUT2D eigenvalue weighted by molar-refractivity contribution is -0.140. The Balaban J connectivity index is 2.41. The van der Waals surface area contributed by atoms with E-state index in [9.17, 15) is 18.0 Å². The Hall–Kier alpha value is -3.27. The van der Waals surface area contributed by atoms with Crippen molar-refractivity contribution in [1.82, 2.24) is 10.2 Å². The number of nitrogens with zero attached hydrogens (tertiary/aromatic N) is 2. The van der Waals surface area contributed by atoms with Crippen LogP contribution in [0.4, 0.5) is 5.69 Å². The van der Waals surface area contributed by atoms with Gasteiger partial charge in [0.15, 0.2) is 0 Å². The van der Waals surface area contributed by atoms with E-state index in [1.165, 1.54) is 4.90 Å². The van der Waals surface area contributed by atoms with Gasteiger partial charge in [0.25, 0.3) is 0 Å². The van der Waals surface area contributed by atoms with E-state index in [-0.39, 0.29) is 18.5 Å². The number of rotatable bonds is 14. The van der Waals surface area contributed by atoms with Gasteiger partial charge in [0.2, 0.25) is 21.8 Å². The molecule has 10 heteroatoms. The summed E-state index contributed by atoms with van der Waals surface area (Å²) in [4.78, 5) is 28.3. The molecule has 0 spiro atoms. The predicted octanol–water partition coefficient (Wildman–Crippen LogP) is 3.58. The van der Waals surface area contributed by atoms with Crippen LogP contribution in [0.3, 0.4) is 0 Å². The van der Waals surface area contributed by atoms with Crippen LogP contribution in [0.25, 0.3) is 0 Å². The van der Waals surface area contributed by atoms with E-state index in [0.29, 0.717) is 30.2 Å². The van der Waals surface area contributed by atoms with Crippen LogP contribution in [-0.2, 0) is 26.2 Å². The maximum Gasteiger partial charge on any atom is 0.244 e. The zero-order valence-electron chi connectivity index (χ0n) is 22.6. The Labute approximate surface area is 220 Å². The first kappa shape index (κ1) is 30.0. The molecule has 0 saturated carbocycles. The average molecular weight is 534 g/mol. The molecular formula is C27H39N3O6S. The second-order valence-corrected chi connectivity index (χ2v) is 10.7. The van der Waals surface area contributed by atoms with Crippen LogP contribution >= 0.6 is 0 Å². The minimum absolute atomic E-state index is 0.0594. The molecule has 0 saturated heterocycles. The minimum atomic E-state index is -3.80. The summed E-state index contributed by atoms with van der Waals surface area (Å²) in [6, 6.07) is 12.9. The van der Waals surface area contributed by atoms with Crippen molar-refractivity contribution in [2.75, 3.05) is 30.8 Å². The van der Waals surface area contributed by atoms with Crippen molar-refractivity contribution in [2.24, 2.45) is 0 Å². The van der Waals surface area contributed by atoms with Gasteiger partial charge in [-0.2, -0.15) is 0 Å². The van der Waals surface area contributed by atoms with E-state index in [0.717, 1.165) is 22.5 Å². The number of hydrogen-bond donors (Lipinski definition) is 1. The summed E-state index contributed by atoms with van der Waals surface area (Å²) in [6.45, 7) is 7.71. The van der Waals surface area contributed by atoms with Gasteiger partial charge in [0, 0.05) is 12.6 Å². The number of ether oxygens (including phenoxy) is 2. The lowest BCUT2D eigenvalue weighted by Gasteiger charge is -2.33. The van der Waals surface area contributed by atoms with Gasteiger partial charge < -0.3 is 19.7 Å². The maximum absolute atomic E-state index is 13.7. The van der Waals surface area contributed by atoms with Gasteiger partial charge >= 0.3 is 0 Å². The third-order valence-electron chi connectivity index (χ3n) is 6.01. The van der Waals surface area contributed by atoms with Crippen LogP contribution in [0.15, 0.2) is 48.5 Å². The van der Waals surface area contributed by atoms with Crippen molar-refractivity contribution in [1.29, 1.82) is 0 Å². The van der Waals surface area contributed by atoms with Crippen LogP contribution in [0.1, 0.15) is 46.1 Å². The highest BCUT2D eigenvalue weighted by atomic mass is 32.2. The second-order valence-electron chi connectivity index (χ2n) is 8.81. The van der Waals surface area contributed by atoms with Gasteiger partial charge in [-0.15, -0.1) is 0 Å². The molecule has 0 aliphatic rings. The maximum atomic E-state index is 13.7. The topological polar surface area (TPSA) is 105 Å². The minimum Gasteiger partial charge on any atom is -0.497 e. The first-order valence-electron chi connectivity index (χ1n) is 12.5. The number of carbonyl (C=O) groups excluding carboxylic acids is 2. The fourth-order valence-corrected chi connectivity index (χ4v) is 4.63. The van der Waals surface area contributed by atoms with Crippen molar-refractivity contribution in [3.63, 3.8) is 0 Å². The van der Waals surface area contributed by atoms with E-state index in [4.69, 9.17) is 9.47 Å². The van der Waals surface area contributed by atoms with Crippen LogP contribution < -0.4 is 19.1 Å². The van der Waals surface area contributed by atoms with Gasteiger partial charge in [0.05, 0.1) is 25.7 Å². The molecule has 0 unspecified atom stereocenters. The molecule has 0 aliphatic heterocycles. The number of sulfonamides is 1. The molecule has 37 heavy (non-hydrogen) atoms. The Kier molecular flexibility index (Phi) is 11.2. The van der Waals surface area contributed by atoms with E-state index < -0.39 is 28.5 Å². The number of benzene rings is 2. The zero-order valence-corrected chi connectivity index (χ0v) is 23.4. The van der Waals surface area contributed by atoms with Crippen molar-refractivity contribution in [3.05, 3.63) is 54.1 Å². The third-order valence-corrected chi connectivity index (χ3v) is 7.15. The highest BCUT2D eigenvalue weighted by Crippen LogP contribution is 2.23. The van der Waals surface area contributed by atoms with Crippen LogP contribution in [0.2, 0.25) is 0 Å². The summed E-state index contributed by atoms with van der Waals surface area (Å²) >= 11 is 0. The van der Waals surface area contributed by atoms with Crippen LogP contribution in [0, 0.1) is 0 Å². The fraction of sp³-hybridized carbons (Fsp3) is 0.481. The van der Waals surface area contributed by atoms with E-state index in [1.54, 1.807) is 43.5 Å². The van der Waals surface area contributed by atoms with Gasteiger partial charge in [-0.05, 0) is 68.7 Å². The molecule has 2 aromatic rings. The van der Waals surface area contributed by atoms with Crippen molar-refractivity contribution < 1.29 is 27.5 Å². The van der Waals surface area contributed by atoms with Crippen LogP contribution in [-0.4, -0.2) is 63.7 Å². The molecule has 2 rings (SSSR count). The summed E-state index contributed by atoms with van der Waals surface area (Å²) in [5.74, 6) is 0.508. The van der Waals surface area contributed by atoms with Crippen LogP contribution in [0.5, 0.6) is 11.5 Å². The standard InChI is InChI=1S/C27H39N3O6S/c1-7-20(4)28-27(32)25(8-2)29(18-21-10-14-23(35-5)15-11-21)26(31)19-30(37(6,33)34)22-12-16-24(17-13-22)36-9-3/h10-17,20,25H,7-9,18-19H2,1-6H3,(H,28,32)/t20-,25+/m1/s1. The first-order chi connectivity index (χ1) is 17.5. The number of anilines is 1. The third kappa shape index (κ3) is 8.66. The van der Waals surface area contributed by atoms with Gasteiger partial charge in [-0.25, -0.2) is 8.42 Å². The molecule has 2 aromatic carbocycles. The Bertz CT molecular complexity index is 1120. The molecule has 204 valence electrons. The number of methoxy groups -OCH3 is 1. The van der Waals surface area contributed by atoms with Crippen molar-refractivity contribution >= 4 is 27.5 Å². The van der Waals surface area contributed by atoms with E-state index in [1.807, 2.05) is 39.8 Å². The smallest absolute Gasteiger partial charge is 0.244 e. The molecule has 0 bridgehead atoms. The molecular weight excluding hydrogens is 494 g/mol. The SMILES string of the molecule is CCOc1ccc(N(CC(=O)N(Cc2ccc(OC)cc2)[C@@H](CC)C(=O)N[C@H](C)CC)S(C)(=O)=O)cc1. The molecule has 0 aliphatic carbocycles. The molecule has 0 aromatic heterocycles. The summed E-state index contributed by atoms with van der Waals surface area (Å²) < 4.78 is 37.1. The van der Waals surface area contributed by atoms with E-state index >= 15 is 0 Å². The summed E-state index contributed by atoms with van der Waals surface area (Å²) in [5.41, 5.74) is 1.12. The molecule has 0 fully saturated rings. The van der Waals surface area contributed by atoms with Gasteiger partial charge in [-0.1, -0.05) is 26.0 Å². The molecule has 2 amide bonds. The lowest BCUT2D eigenvalue weighted by atomic mass is 10.1. The van der Waals surface area contributed by atoms with Gasteiger partial charge in [0.1, 0.15) is 24.1 Å². The number of amides is 2. The first-order valence-corrected chi connectivity index (χ1v) is 14.3. The molecule has 1 N–H and O–H groups in total. The molecule has 9 nitrogen and oxygen atoms in total. The molecule has 0 radical (unpaired) electrons. The Morgan fingerprint density at radius 2 is 1.54 bits per heavy atom. The molecule has 2 atom stereocenters. The van der Waals surface area contributed by atoms with Crippen molar-refractivity contribution in [3.8, 4) is 11.5 Å². The lowest BCUT2D eigenvalue weighted by Crippen LogP contribution is -2.53. The van der Waals surface area contributed by atoms with Crippen molar-refractivity contribution in [2.45, 2.75) is 59.2 Å². The van der Waals surface area contributed by atoms with Gasteiger partial charge in [-0.3, -0.25) is 13.9 Å². The molecule has 0 heterocycles. The summed E-state index contributed by atoms with van der Waals surface area (Å²) in [7, 11) is -2.23. The summed E-state index contributed by atoms with van der Waals surface area (Å²) in [6.07, 6.45) is 2.16. The fourth-order valence-electron chi connectivity index (χ4n) is 3.78. The Morgan fingerprint density at radius 3 is 2.03 bits per heavy atom. The predicted molar refractivity (Wildman–Crippen MR) is 145 cm³/mol. The number of nitrogens with one attached hydrogen (secondary N) is 1. The largest absolute Gasteiger partial charge is 0.497 e. The monoisotopic (exact) mass is 533 g/mol. The highest BCUT2D eigenvalue weighted by molar-refractivity contribution is 7.92. The average Bonchev–Trinajstić information content (AvgIpc) is 2.87. The quantitative estimate of drug-likeness (QED) is 0.398. The van der Waals surface area contributed by atoms with E-state index in [2.05, 4.69) is 5.32 Å². The summed E-state index contributed by atoms with van der Waals surface area (Å²) in [5, 5.41) is 2.95. The second kappa shape index (κ2) is 13.9. The highest BCUT2D eigenvalue weighted by Gasteiger charge is 2.32. The number of carbonyl (C=O) groups is 2. The normalized spacial score (nSPS) is 12.8. The Morgan fingerprint density at radius 1 is 0.946 bits per heavy atom.